The molecule has 9 aromatic carbocycles. The first-order chi connectivity index (χ1) is 26.0. The highest BCUT2D eigenvalue weighted by Gasteiger charge is 2.35. The Morgan fingerprint density at radius 2 is 1.02 bits per heavy atom. The van der Waals surface area contributed by atoms with Gasteiger partial charge in [0.05, 0.1) is 0 Å². The average Bonchev–Trinajstić information content (AvgIpc) is 3.67. The minimum Gasteiger partial charge on any atom is -0.455 e. The summed E-state index contributed by atoms with van der Waals surface area (Å²) in [7, 11) is 0. The van der Waals surface area contributed by atoms with E-state index in [-0.39, 0.29) is 5.41 Å². The van der Waals surface area contributed by atoms with E-state index in [0.717, 1.165) is 50.1 Å². The van der Waals surface area contributed by atoms with E-state index in [1.807, 2.05) is 0 Å². The fraction of sp³-hybridized carbons (Fsp3) is 0.0588. The molecular weight excluding hydrogens is 643 g/mol. The molecule has 0 N–H and O–H groups in total. The van der Waals surface area contributed by atoms with Crippen molar-refractivity contribution >= 4 is 71.3 Å². The van der Waals surface area contributed by atoms with E-state index < -0.39 is 0 Å². The van der Waals surface area contributed by atoms with E-state index in [4.69, 9.17) is 4.42 Å². The zero-order valence-electron chi connectivity index (χ0n) is 29.6. The number of benzene rings is 9. The minimum absolute atomic E-state index is 0.109. The van der Waals surface area contributed by atoms with Gasteiger partial charge in [0.25, 0.3) is 0 Å². The van der Waals surface area contributed by atoms with Gasteiger partial charge in [-0.3, -0.25) is 0 Å². The Kier molecular flexibility index (Phi) is 6.33. The van der Waals surface area contributed by atoms with Crippen LogP contribution in [0.4, 0.5) is 17.1 Å². The van der Waals surface area contributed by atoms with Crippen LogP contribution in [0, 0.1) is 0 Å². The van der Waals surface area contributed by atoms with Crippen LogP contribution in [0.3, 0.4) is 0 Å². The molecular formula is C51H35NO. The van der Waals surface area contributed by atoms with Crippen molar-refractivity contribution in [3.05, 3.63) is 187 Å². The molecule has 0 atom stereocenters. The molecule has 0 aliphatic heterocycles. The Morgan fingerprint density at radius 3 is 1.85 bits per heavy atom. The fourth-order valence-corrected chi connectivity index (χ4v) is 8.93. The van der Waals surface area contributed by atoms with Gasteiger partial charge in [-0.1, -0.05) is 135 Å². The molecule has 11 rings (SSSR count). The standard InChI is InChI=1S/C51H35NO/c1-51(2)46-18-10-9-17-42(46)43-25-23-40(31-47(43)51)52(38-22-21-33-12-4-6-14-35(33)28-38)39-24-26-48-44(30-39)45-29-36-15-7-8-16-41(36)49(50(45)53-48)37-20-19-32-11-3-5-13-34(32)27-37/h3-31H,1-2H3. The highest BCUT2D eigenvalue weighted by Crippen LogP contribution is 2.51. The van der Waals surface area contributed by atoms with Crippen molar-refractivity contribution in [2.75, 3.05) is 4.90 Å². The molecule has 10 aromatic rings. The lowest BCUT2D eigenvalue weighted by Crippen LogP contribution is -2.16. The summed E-state index contributed by atoms with van der Waals surface area (Å²) in [6.07, 6.45) is 0. The number of rotatable bonds is 4. The minimum atomic E-state index is -0.109. The van der Waals surface area contributed by atoms with Crippen LogP contribution >= 0.6 is 0 Å². The molecule has 0 bridgehead atoms. The molecule has 0 amide bonds. The molecule has 1 heterocycles. The Bertz CT molecular complexity index is 3110. The highest BCUT2D eigenvalue weighted by molar-refractivity contribution is 6.19. The first kappa shape index (κ1) is 30.0. The molecule has 2 nitrogen and oxygen atoms in total. The zero-order chi connectivity index (χ0) is 35.3. The third-order valence-corrected chi connectivity index (χ3v) is 11.6. The van der Waals surface area contributed by atoms with Gasteiger partial charge in [0, 0.05) is 38.8 Å². The summed E-state index contributed by atoms with van der Waals surface area (Å²) in [5.74, 6) is 0. The van der Waals surface area contributed by atoms with Gasteiger partial charge in [-0.2, -0.15) is 0 Å². The molecule has 0 radical (unpaired) electrons. The molecule has 1 aromatic heterocycles. The Labute approximate surface area is 308 Å². The van der Waals surface area contributed by atoms with Crippen molar-refractivity contribution in [3.63, 3.8) is 0 Å². The van der Waals surface area contributed by atoms with Crippen molar-refractivity contribution in [1.29, 1.82) is 0 Å². The summed E-state index contributed by atoms with van der Waals surface area (Å²) >= 11 is 0. The van der Waals surface area contributed by atoms with Crippen LogP contribution in [0.1, 0.15) is 25.0 Å². The maximum Gasteiger partial charge on any atom is 0.143 e. The van der Waals surface area contributed by atoms with Crippen molar-refractivity contribution in [1.82, 2.24) is 0 Å². The zero-order valence-corrected chi connectivity index (χ0v) is 29.6. The lowest BCUT2D eigenvalue weighted by molar-refractivity contribution is 0.660. The number of nitrogens with zero attached hydrogens (tertiary/aromatic N) is 1. The van der Waals surface area contributed by atoms with Crippen LogP contribution in [0.5, 0.6) is 0 Å². The summed E-state index contributed by atoms with van der Waals surface area (Å²) in [6, 6.07) is 64.2. The first-order valence-corrected chi connectivity index (χ1v) is 18.4. The normalized spacial score (nSPS) is 13.2. The van der Waals surface area contributed by atoms with Crippen molar-refractivity contribution in [2.45, 2.75) is 19.3 Å². The van der Waals surface area contributed by atoms with E-state index in [0.29, 0.717) is 0 Å². The predicted octanol–water partition coefficient (Wildman–Crippen LogP) is 14.5. The third-order valence-electron chi connectivity index (χ3n) is 11.6. The molecule has 0 saturated carbocycles. The third kappa shape index (κ3) is 4.52. The summed E-state index contributed by atoms with van der Waals surface area (Å²) in [6.45, 7) is 4.70. The van der Waals surface area contributed by atoms with Crippen LogP contribution in [0.25, 0.3) is 76.5 Å². The number of fused-ring (bicyclic) bond motifs is 9. The quantitative estimate of drug-likeness (QED) is 0.184. The summed E-state index contributed by atoms with van der Waals surface area (Å²) < 4.78 is 6.87. The van der Waals surface area contributed by atoms with Crippen molar-refractivity contribution in [3.8, 4) is 22.3 Å². The number of anilines is 3. The Morgan fingerprint density at radius 1 is 0.415 bits per heavy atom. The van der Waals surface area contributed by atoms with Gasteiger partial charge < -0.3 is 9.32 Å². The van der Waals surface area contributed by atoms with E-state index in [1.165, 1.54) is 54.6 Å². The molecule has 0 spiro atoms. The molecule has 0 saturated heterocycles. The number of furan rings is 1. The number of hydrogen-bond acceptors (Lipinski definition) is 2. The second-order valence-corrected chi connectivity index (χ2v) is 15.0. The topological polar surface area (TPSA) is 16.4 Å². The van der Waals surface area contributed by atoms with Crippen molar-refractivity contribution in [2.24, 2.45) is 0 Å². The summed E-state index contributed by atoms with van der Waals surface area (Å²) in [4.78, 5) is 2.41. The van der Waals surface area contributed by atoms with Gasteiger partial charge in [-0.05, 0) is 115 Å². The Balaban J connectivity index is 1.15. The Hall–Kier alpha value is -6.64. The first-order valence-electron chi connectivity index (χ1n) is 18.4. The largest absolute Gasteiger partial charge is 0.455 e. The molecule has 1 aliphatic rings. The molecule has 0 unspecified atom stereocenters. The SMILES string of the molecule is CC1(C)c2ccccc2-c2ccc(N(c3ccc4ccccc4c3)c3ccc4oc5c(-c6ccc7ccccc7c6)c6ccccc6cc5c4c3)cc21. The molecule has 0 fully saturated rings. The average molecular weight is 678 g/mol. The molecule has 2 heteroatoms. The lowest BCUT2D eigenvalue weighted by atomic mass is 9.82. The monoisotopic (exact) mass is 677 g/mol. The molecule has 53 heavy (non-hydrogen) atoms. The summed E-state index contributed by atoms with van der Waals surface area (Å²) in [5, 5.41) is 9.50. The smallest absolute Gasteiger partial charge is 0.143 e. The van der Waals surface area contributed by atoms with Gasteiger partial charge in [0.15, 0.2) is 0 Å². The maximum atomic E-state index is 6.87. The van der Waals surface area contributed by atoms with E-state index in [1.54, 1.807) is 0 Å². The van der Waals surface area contributed by atoms with Crippen LogP contribution in [-0.2, 0) is 5.41 Å². The fourth-order valence-electron chi connectivity index (χ4n) is 8.93. The molecule has 250 valence electrons. The van der Waals surface area contributed by atoms with Gasteiger partial charge in [0.2, 0.25) is 0 Å². The van der Waals surface area contributed by atoms with Gasteiger partial charge >= 0.3 is 0 Å². The second kappa shape index (κ2) is 11.2. The van der Waals surface area contributed by atoms with Gasteiger partial charge in [0.1, 0.15) is 11.2 Å². The lowest BCUT2D eigenvalue weighted by Gasteiger charge is -2.28. The summed E-state index contributed by atoms with van der Waals surface area (Å²) in [5.41, 5.74) is 12.7. The van der Waals surface area contributed by atoms with E-state index >= 15 is 0 Å². The van der Waals surface area contributed by atoms with Gasteiger partial charge in [-0.15, -0.1) is 0 Å². The van der Waals surface area contributed by atoms with Crippen molar-refractivity contribution < 1.29 is 4.42 Å². The van der Waals surface area contributed by atoms with Gasteiger partial charge in [-0.25, -0.2) is 0 Å². The van der Waals surface area contributed by atoms with E-state index in [9.17, 15) is 0 Å². The second-order valence-electron chi connectivity index (χ2n) is 15.0. The predicted molar refractivity (Wildman–Crippen MR) is 224 cm³/mol. The highest BCUT2D eigenvalue weighted by atomic mass is 16.3. The maximum absolute atomic E-state index is 6.87. The van der Waals surface area contributed by atoms with E-state index in [2.05, 4.69) is 195 Å². The molecule has 1 aliphatic carbocycles. The van der Waals surface area contributed by atoms with Crippen LogP contribution in [0.15, 0.2) is 180 Å². The number of hydrogen-bond donors (Lipinski definition) is 0. The van der Waals surface area contributed by atoms with Crippen LogP contribution in [-0.4, -0.2) is 0 Å². The van der Waals surface area contributed by atoms with Crippen LogP contribution in [0.2, 0.25) is 0 Å². The van der Waals surface area contributed by atoms with Crippen LogP contribution < -0.4 is 4.90 Å².